The summed E-state index contributed by atoms with van der Waals surface area (Å²) < 4.78 is 5.22. The van der Waals surface area contributed by atoms with Gasteiger partial charge in [-0.1, -0.05) is 13.8 Å². The topological polar surface area (TPSA) is 62.1 Å². The van der Waals surface area contributed by atoms with Crippen molar-refractivity contribution in [2.24, 2.45) is 5.92 Å². The van der Waals surface area contributed by atoms with Crippen LogP contribution in [0.5, 0.6) is 0 Å². The molecule has 1 heterocycles. The lowest BCUT2D eigenvalue weighted by Crippen LogP contribution is -2.42. The normalized spacial score (nSPS) is 23.1. The molecular formula is C10H16N2O2. The van der Waals surface area contributed by atoms with E-state index in [9.17, 15) is 4.79 Å². The molecule has 78 valence electrons. The molecule has 0 bridgehead atoms. The van der Waals surface area contributed by atoms with Gasteiger partial charge in [0.25, 0.3) is 0 Å². The first-order chi connectivity index (χ1) is 6.65. The van der Waals surface area contributed by atoms with Crippen molar-refractivity contribution >= 4 is 5.91 Å². The highest BCUT2D eigenvalue weighted by Crippen LogP contribution is 2.12. The molecular weight excluding hydrogens is 180 g/mol. The van der Waals surface area contributed by atoms with Crippen LogP contribution in [0, 0.1) is 17.2 Å². The van der Waals surface area contributed by atoms with Gasteiger partial charge in [0, 0.05) is 6.61 Å². The fourth-order valence-electron chi connectivity index (χ4n) is 1.38. The molecule has 0 radical (unpaired) electrons. The van der Waals surface area contributed by atoms with Gasteiger partial charge in [0.05, 0.1) is 6.07 Å². The second kappa shape index (κ2) is 4.97. The molecule has 4 heteroatoms. The van der Waals surface area contributed by atoms with Crippen LogP contribution < -0.4 is 5.32 Å². The SMILES string of the molecule is CC(C)C(C#N)NC(=O)C1CCCO1. The van der Waals surface area contributed by atoms with Crippen molar-refractivity contribution in [2.75, 3.05) is 6.61 Å². The molecule has 0 aromatic heterocycles. The summed E-state index contributed by atoms with van der Waals surface area (Å²) in [4.78, 5) is 11.5. The predicted molar refractivity (Wildman–Crippen MR) is 51.4 cm³/mol. The Morgan fingerprint density at radius 2 is 2.36 bits per heavy atom. The van der Waals surface area contributed by atoms with Gasteiger partial charge in [0.15, 0.2) is 0 Å². The Morgan fingerprint density at radius 3 is 2.79 bits per heavy atom. The largest absolute Gasteiger partial charge is 0.368 e. The average Bonchev–Trinajstić information content (AvgIpc) is 2.65. The number of nitrogens with one attached hydrogen (secondary N) is 1. The van der Waals surface area contributed by atoms with Crippen LogP contribution in [0.25, 0.3) is 0 Å². The van der Waals surface area contributed by atoms with Gasteiger partial charge in [-0.15, -0.1) is 0 Å². The van der Waals surface area contributed by atoms with Gasteiger partial charge in [-0.25, -0.2) is 0 Å². The molecule has 1 saturated heterocycles. The lowest BCUT2D eigenvalue weighted by molar-refractivity contribution is -0.130. The zero-order valence-electron chi connectivity index (χ0n) is 8.62. The molecule has 0 aromatic rings. The van der Waals surface area contributed by atoms with Gasteiger partial charge < -0.3 is 10.1 Å². The highest BCUT2D eigenvalue weighted by molar-refractivity contribution is 5.81. The van der Waals surface area contributed by atoms with E-state index < -0.39 is 6.04 Å². The van der Waals surface area contributed by atoms with E-state index in [4.69, 9.17) is 10.00 Å². The summed E-state index contributed by atoms with van der Waals surface area (Å²) in [5.74, 6) is -0.0203. The van der Waals surface area contributed by atoms with E-state index in [1.807, 2.05) is 13.8 Å². The van der Waals surface area contributed by atoms with Crippen LogP contribution in [-0.4, -0.2) is 24.7 Å². The molecule has 0 spiro atoms. The van der Waals surface area contributed by atoms with E-state index >= 15 is 0 Å². The highest BCUT2D eigenvalue weighted by atomic mass is 16.5. The van der Waals surface area contributed by atoms with Crippen molar-refractivity contribution < 1.29 is 9.53 Å². The van der Waals surface area contributed by atoms with Crippen molar-refractivity contribution in [2.45, 2.75) is 38.8 Å². The minimum atomic E-state index is -0.410. The third-order valence-corrected chi connectivity index (χ3v) is 2.33. The second-order valence-electron chi connectivity index (χ2n) is 3.86. The maximum absolute atomic E-state index is 11.5. The summed E-state index contributed by atoms with van der Waals surface area (Å²) in [6.07, 6.45) is 1.35. The van der Waals surface area contributed by atoms with Crippen LogP contribution >= 0.6 is 0 Å². The van der Waals surface area contributed by atoms with E-state index in [1.54, 1.807) is 0 Å². The Hall–Kier alpha value is -1.08. The average molecular weight is 196 g/mol. The van der Waals surface area contributed by atoms with Crippen LogP contribution in [0.4, 0.5) is 0 Å². The summed E-state index contributed by atoms with van der Waals surface area (Å²) in [5, 5.41) is 11.5. The summed E-state index contributed by atoms with van der Waals surface area (Å²) in [7, 11) is 0. The molecule has 4 nitrogen and oxygen atoms in total. The van der Waals surface area contributed by atoms with Crippen molar-refractivity contribution in [3.8, 4) is 6.07 Å². The van der Waals surface area contributed by atoms with Gasteiger partial charge in [0.2, 0.25) is 5.91 Å². The first kappa shape index (κ1) is 11.0. The number of hydrogen-bond acceptors (Lipinski definition) is 3. The number of rotatable bonds is 3. The number of carbonyl (C=O) groups excluding carboxylic acids is 1. The van der Waals surface area contributed by atoms with Crippen LogP contribution in [0.3, 0.4) is 0 Å². The van der Waals surface area contributed by atoms with Crippen LogP contribution in [-0.2, 0) is 9.53 Å². The molecule has 1 fully saturated rings. The maximum atomic E-state index is 11.5. The Kier molecular flexibility index (Phi) is 3.90. The van der Waals surface area contributed by atoms with Gasteiger partial charge in [-0.3, -0.25) is 4.79 Å². The lowest BCUT2D eigenvalue weighted by Gasteiger charge is -2.17. The smallest absolute Gasteiger partial charge is 0.250 e. The zero-order valence-corrected chi connectivity index (χ0v) is 8.62. The molecule has 1 amide bonds. The van der Waals surface area contributed by atoms with Gasteiger partial charge >= 0.3 is 0 Å². The number of hydrogen-bond donors (Lipinski definition) is 1. The minimum absolute atomic E-state index is 0.130. The Morgan fingerprint density at radius 1 is 1.64 bits per heavy atom. The molecule has 0 saturated carbocycles. The first-order valence-electron chi connectivity index (χ1n) is 4.96. The standard InChI is InChI=1S/C10H16N2O2/c1-7(2)8(6-11)12-10(13)9-4-3-5-14-9/h7-9H,3-5H2,1-2H3,(H,12,13). The number of nitrogens with zero attached hydrogens (tertiary/aromatic N) is 1. The van der Waals surface area contributed by atoms with E-state index in [2.05, 4.69) is 11.4 Å². The summed E-state index contributed by atoms with van der Waals surface area (Å²) >= 11 is 0. The van der Waals surface area contributed by atoms with Crippen molar-refractivity contribution in [1.29, 1.82) is 5.26 Å². The lowest BCUT2D eigenvalue weighted by atomic mass is 10.1. The van der Waals surface area contributed by atoms with Crippen LogP contribution in [0.15, 0.2) is 0 Å². The quantitative estimate of drug-likeness (QED) is 0.727. The minimum Gasteiger partial charge on any atom is -0.368 e. The van der Waals surface area contributed by atoms with E-state index in [1.165, 1.54) is 0 Å². The van der Waals surface area contributed by atoms with Gasteiger partial charge in [-0.2, -0.15) is 5.26 Å². The second-order valence-corrected chi connectivity index (χ2v) is 3.86. The predicted octanol–water partition coefficient (Wildman–Crippen LogP) is 0.830. The molecule has 1 aliphatic heterocycles. The monoisotopic (exact) mass is 196 g/mol. The molecule has 1 N–H and O–H groups in total. The van der Waals surface area contributed by atoms with Gasteiger partial charge in [-0.05, 0) is 18.8 Å². The third-order valence-electron chi connectivity index (χ3n) is 2.33. The number of ether oxygens (including phenoxy) is 1. The molecule has 2 atom stereocenters. The van der Waals surface area contributed by atoms with Crippen molar-refractivity contribution in [1.82, 2.24) is 5.32 Å². The number of nitriles is 1. The zero-order chi connectivity index (χ0) is 10.6. The number of amides is 1. The molecule has 1 aliphatic rings. The van der Waals surface area contributed by atoms with Crippen LogP contribution in [0.2, 0.25) is 0 Å². The fourth-order valence-corrected chi connectivity index (χ4v) is 1.38. The Labute approximate surface area is 84.2 Å². The van der Waals surface area contributed by atoms with Crippen LogP contribution in [0.1, 0.15) is 26.7 Å². The fraction of sp³-hybridized carbons (Fsp3) is 0.800. The first-order valence-corrected chi connectivity index (χ1v) is 4.96. The summed E-state index contributed by atoms with van der Waals surface area (Å²) in [5.41, 5.74) is 0. The third kappa shape index (κ3) is 2.71. The van der Waals surface area contributed by atoms with Gasteiger partial charge in [0.1, 0.15) is 12.1 Å². The maximum Gasteiger partial charge on any atom is 0.250 e. The van der Waals surface area contributed by atoms with E-state index in [0.29, 0.717) is 6.61 Å². The Balaban J connectivity index is 2.42. The van der Waals surface area contributed by atoms with Crippen molar-refractivity contribution in [3.63, 3.8) is 0 Å². The van der Waals surface area contributed by atoms with E-state index in [0.717, 1.165) is 12.8 Å². The Bertz CT molecular complexity index is 239. The molecule has 1 rings (SSSR count). The number of carbonyl (C=O) groups is 1. The highest BCUT2D eigenvalue weighted by Gasteiger charge is 2.26. The molecule has 0 aromatic carbocycles. The molecule has 14 heavy (non-hydrogen) atoms. The van der Waals surface area contributed by atoms with Crippen molar-refractivity contribution in [3.05, 3.63) is 0 Å². The summed E-state index contributed by atoms with van der Waals surface area (Å²) in [6.45, 7) is 4.46. The summed E-state index contributed by atoms with van der Waals surface area (Å²) in [6, 6.07) is 1.66. The molecule has 2 unspecified atom stereocenters. The van der Waals surface area contributed by atoms with E-state index in [-0.39, 0.29) is 17.9 Å². The molecule has 0 aliphatic carbocycles.